The minimum Gasteiger partial charge on any atom is -0.361 e. The van der Waals surface area contributed by atoms with Gasteiger partial charge in [0.05, 0.1) is 0 Å². The number of hydrogen-bond acceptors (Lipinski definition) is 3. The molecule has 2 unspecified atom stereocenters. The summed E-state index contributed by atoms with van der Waals surface area (Å²) >= 11 is 0. The van der Waals surface area contributed by atoms with E-state index in [1.807, 2.05) is 6.08 Å². The van der Waals surface area contributed by atoms with E-state index in [-0.39, 0.29) is 6.23 Å². The number of ether oxygens (including phenoxy) is 1. The van der Waals surface area contributed by atoms with E-state index in [1.54, 1.807) is 12.0 Å². The van der Waals surface area contributed by atoms with Crippen LogP contribution in [0.3, 0.4) is 0 Å². The monoisotopic (exact) mass is 166 g/mol. The van der Waals surface area contributed by atoms with Crippen molar-refractivity contribution in [2.75, 3.05) is 7.11 Å². The van der Waals surface area contributed by atoms with Crippen LogP contribution >= 0.6 is 0 Å². The molecule has 66 valence electrons. The molecule has 1 aliphatic heterocycles. The summed E-state index contributed by atoms with van der Waals surface area (Å²) in [5, 5.41) is 8.83. The lowest BCUT2D eigenvalue weighted by atomic mass is 10.1. The van der Waals surface area contributed by atoms with Crippen molar-refractivity contribution in [1.29, 1.82) is 5.26 Å². The summed E-state index contributed by atoms with van der Waals surface area (Å²) in [6.07, 6.45) is 6.84. The molecule has 0 bridgehead atoms. The normalized spacial score (nSPS) is 28.5. The molecule has 0 aromatic rings. The third kappa shape index (κ3) is 1.59. The van der Waals surface area contributed by atoms with Crippen molar-refractivity contribution in [3.05, 3.63) is 12.7 Å². The molecule has 1 rings (SSSR count). The zero-order valence-corrected chi connectivity index (χ0v) is 7.36. The van der Waals surface area contributed by atoms with Gasteiger partial charge in [-0.15, -0.1) is 6.58 Å². The van der Waals surface area contributed by atoms with Crippen LogP contribution in [0.5, 0.6) is 0 Å². The molecule has 1 aliphatic rings. The lowest BCUT2D eigenvalue weighted by molar-refractivity contribution is 0.0146. The van der Waals surface area contributed by atoms with Gasteiger partial charge in [-0.05, 0) is 19.3 Å². The van der Waals surface area contributed by atoms with Gasteiger partial charge in [-0.25, -0.2) is 0 Å². The molecule has 3 heteroatoms. The average molecular weight is 166 g/mol. The fraction of sp³-hybridized carbons (Fsp3) is 0.667. The van der Waals surface area contributed by atoms with E-state index in [0.29, 0.717) is 6.04 Å². The molecule has 12 heavy (non-hydrogen) atoms. The smallest absolute Gasteiger partial charge is 0.181 e. The van der Waals surface area contributed by atoms with Gasteiger partial charge >= 0.3 is 0 Å². The predicted molar refractivity (Wildman–Crippen MR) is 46.1 cm³/mol. The van der Waals surface area contributed by atoms with E-state index in [0.717, 1.165) is 19.3 Å². The first-order valence-corrected chi connectivity index (χ1v) is 4.15. The molecule has 1 saturated heterocycles. The highest BCUT2D eigenvalue weighted by Crippen LogP contribution is 2.25. The van der Waals surface area contributed by atoms with E-state index >= 15 is 0 Å². The number of rotatable bonds is 3. The Morgan fingerprint density at radius 1 is 1.75 bits per heavy atom. The van der Waals surface area contributed by atoms with Crippen LogP contribution < -0.4 is 0 Å². The Balaban J connectivity index is 2.57. The number of hydrogen-bond donors (Lipinski definition) is 0. The van der Waals surface area contributed by atoms with E-state index in [4.69, 9.17) is 10.00 Å². The van der Waals surface area contributed by atoms with Crippen molar-refractivity contribution >= 4 is 0 Å². The molecule has 0 radical (unpaired) electrons. The Labute approximate surface area is 73.2 Å². The first-order valence-electron chi connectivity index (χ1n) is 4.15. The van der Waals surface area contributed by atoms with Crippen molar-refractivity contribution in [3.63, 3.8) is 0 Å². The Morgan fingerprint density at radius 2 is 2.50 bits per heavy atom. The van der Waals surface area contributed by atoms with Crippen LogP contribution in [-0.2, 0) is 4.74 Å². The van der Waals surface area contributed by atoms with Gasteiger partial charge in [0.2, 0.25) is 0 Å². The summed E-state index contributed by atoms with van der Waals surface area (Å²) < 4.78 is 5.16. The molecule has 0 aromatic carbocycles. The lowest BCUT2D eigenvalue weighted by Crippen LogP contribution is -2.32. The molecule has 1 heterocycles. The van der Waals surface area contributed by atoms with Crippen LogP contribution in [0.2, 0.25) is 0 Å². The summed E-state index contributed by atoms with van der Waals surface area (Å²) in [5.74, 6) is 0. The third-order valence-corrected chi connectivity index (χ3v) is 2.28. The molecule has 2 atom stereocenters. The van der Waals surface area contributed by atoms with Crippen LogP contribution in [0, 0.1) is 11.5 Å². The van der Waals surface area contributed by atoms with Crippen molar-refractivity contribution in [2.24, 2.45) is 0 Å². The highest BCUT2D eigenvalue weighted by atomic mass is 16.5. The van der Waals surface area contributed by atoms with E-state index < -0.39 is 0 Å². The minimum atomic E-state index is -0.0139. The van der Waals surface area contributed by atoms with Gasteiger partial charge in [0.15, 0.2) is 6.19 Å². The molecule has 0 saturated carbocycles. The van der Waals surface area contributed by atoms with Gasteiger partial charge in [-0.2, -0.15) is 5.26 Å². The molecular weight excluding hydrogens is 152 g/mol. The first kappa shape index (κ1) is 9.08. The summed E-state index contributed by atoms with van der Waals surface area (Å²) in [7, 11) is 1.64. The summed E-state index contributed by atoms with van der Waals surface area (Å²) in [5.41, 5.74) is 0. The largest absolute Gasteiger partial charge is 0.361 e. The number of nitrogens with zero attached hydrogens (tertiary/aromatic N) is 2. The number of nitriles is 1. The van der Waals surface area contributed by atoms with Crippen molar-refractivity contribution in [3.8, 4) is 6.19 Å². The second kappa shape index (κ2) is 4.13. The van der Waals surface area contributed by atoms with Gasteiger partial charge < -0.3 is 4.74 Å². The zero-order chi connectivity index (χ0) is 8.97. The fourth-order valence-electron chi connectivity index (χ4n) is 1.65. The molecule has 0 spiro atoms. The molecule has 3 nitrogen and oxygen atoms in total. The van der Waals surface area contributed by atoms with Crippen LogP contribution in [0.1, 0.15) is 19.3 Å². The van der Waals surface area contributed by atoms with Crippen molar-refractivity contribution in [2.45, 2.75) is 31.5 Å². The Morgan fingerprint density at radius 3 is 3.00 bits per heavy atom. The molecule has 1 fully saturated rings. The van der Waals surface area contributed by atoms with Gasteiger partial charge in [0.1, 0.15) is 6.23 Å². The van der Waals surface area contributed by atoms with Crippen LogP contribution in [0.15, 0.2) is 12.7 Å². The SMILES string of the molecule is C=CCC1CCC(OC)N1C#N. The molecule has 0 aliphatic carbocycles. The lowest BCUT2D eigenvalue weighted by Gasteiger charge is -2.22. The van der Waals surface area contributed by atoms with E-state index in [1.165, 1.54) is 0 Å². The van der Waals surface area contributed by atoms with E-state index in [9.17, 15) is 0 Å². The van der Waals surface area contributed by atoms with Crippen LogP contribution in [0.25, 0.3) is 0 Å². The fourth-order valence-corrected chi connectivity index (χ4v) is 1.65. The second-order valence-electron chi connectivity index (χ2n) is 2.95. The van der Waals surface area contributed by atoms with Crippen molar-refractivity contribution < 1.29 is 4.74 Å². The Kier molecular flexibility index (Phi) is 3.12. The average Bonchev–Trinajstić information content (AvgIpc) is 2.47. The van der Waals surface area contributed by atoms with E-state index in [2.05, 4.69) is 12.8 Å². The maximum Gasteiger partial charge on any atom is 0.181 e. The highest BCUT2D eigenvalue weighted by molar-refractivity contribution is 4.94. The maximum atomic E-state index is 8.83. The first-order chi connectivity index (χ1) is 5.83. The van der Waals surface area contributed by atoms with Gasteiger partial charge in [0.25, 0.3) is 0 Å². The predicted octanol–water partition coefficient (Wildman–Crippen LogP) is 1.48. The zero-order valence-electron chi connectivity index (χ0n) is 7.36. The van der Waals surface area contributed by atoms with Gasteiger partial charge in [0, 0.05) is 13.2 Å². The quantitative estimate of drug-likeness (QED) is 0.470. The molecule has 0 amide bonds. The minimum absolute atomic E-state index is 0.0139. The molecular formula is C9H14N2O. The van der Waals surface area contributed by atoms with Crippen molar-refractivity contribution in [1.82, 2.24) is 4.90 Å². The highest BCUT2D eigenvalue weighted by Gasteiger charge is 2.31. The Hall–Kier alpha value is -1.01. The summed E-state index contributed by atoms with van der Waals surface area (Å²) in [6.45, 7) is 3.67. The Bertz CT molecular complexity index is 197. The van der Waals surface area contributed by atoms with Gasteiger partial charge in [-0.1, -0.05) is 6.08 Å². The van der Waals surface area contributed by atoms with Crippen LogP contribution in [0.4, 0.5) is 0 Å². The molecule has 0 aromatic heterocycles. The van der Waals surface area contributed by atoms with Crippen LogP contribution in [-0.4, -0.2) is 24.3 Å². The molecule has 0 N–H and O–H groups in total. The second-order valence-corrected chi connectivity index (χ2v) is 2.95. The number of likely N-dealkylation sites (tertiary alicyclic amines) is 1. The maximum absolute atomic E-state index is 8.83. The topological polar surface area (TPSA) is 36.3 Å². The standard InChI is InChI=1S/C9H14N2O/c1-3-4-8-5-6-9(12-2)11(8)7-10/h3,8-9H,1,4-6H2,2H3. The summed E-state index contributed by atoms with van der Waals surface area (Å²) in [4.78, 5) is 1.72. The van der Waals surface area contributed by atoms with Gasteiger partial charge in [-0.3, -0.25) is 4.90 Å². The third-order valence-electron chi connectivity index (χ3n) is 2.28. The summed E-state index contributed by atoms with van der Waals surface area (Å²) in [6, 6.07) is 0.303. The number of methoxy groups -OCH3 is 1.